The first kappa shape index (κ1) is 9.20. The van der Waals surface area contributed by atoms with Gasteiger partial charge in [0.2, 0.25) is 0 Å². The van der Waals surface area contributed by atoms with Crippen LogP contribution in [0.5, 0.6) is 0 Å². The van der Waals surface area contributed by atoms with Crippen LogP contribution in [0, 0.1) is 5.82 Å². The van der Waals surface area contributed by atoms with E-state index in [4.69, 9.17) is 0 Å². The second-order valence-corrected chi connectivity index (χ2v) is 3.08. The number of benzene rings is 1. The lowest BCUT2D eigenvalue weighted by atomic mass is 9.96. The number of hydrogen-bond donors (Lipinski definition) is 1. The molecule has 0 aliphatic carbocycles. The van der Waals surface area contributed by atoms with Crippen LogP contribution < -0.4 is 0 Å². The Morgan fingerprint density at radius 2 is 2.00 bits per heavy atom. The lowest BCUT2D eigenvalue weighted by molar-refractivity contribution is 0.169. The van der Waals surface area contributed by atoms with Crippen LogP contribution in [-0.4, -0.2) is 11.2 Å². The predicted octanol–water partition coefficient (Wildman–Crippen LogP) is 2.31. The third-order valence-electron chi connectivity index (χ3n) is 2.10. The van der Waals surface area contributed by atoms with E-state index < -0.39 is 6.10 Å². The van der Waals surface area contributed by atoms with Gasteiger partial charge in [-0.05, 0) is 24.6 Å². The highest BCUT2D eigenvalue weighted by Gasteiger charge is 2.11. The number of hydrogen-bond acceptors (Lipinski definition) is 1. The maximum Gasteiger partial charge on any atom is 0.123 e. The van der Waals surface area contributed by atoms with Crippen LogP contribution in [-0.2, 0) is 0 Å². The van der Waals surface area contributed by atoms with E-state index >= 15 is 0 Å². The van der Waals surface area contributed by atoms with E-state index in [0.29, 0.717) is 0 Å². The monoisotopic (exact) mass is 168 g/mol. The van der Waals surface area contributed by atoms with Crippen molar-refractivity contribution in [2.75, 3.05) is 0 Å². The molecule has 0 saturated carbocycles. The van der Waals surface area contributed by atoms with Crippen molar-refractivity contribution in [2.45, 2.75) is 25.9 Å². The Labute approximate surface area is 71.9 Å². The van der Waals surface area contributed by atoms with Gasteiger partial charge in [0.25, 0.3) is 0 Å². The second-order valence-electron chi connectivity index (χ2n) is 3.08. The highest BCUT2D eigenvalue weighted by molar-refractivity contribution is 5.20. The van der Waals surface area contributed by atoms with Gasteiger partial charge in [0.05, 0.1) is 6.10 Å². The van der Waals surface area contributed by atoms with E-state index in [1.807, 2.05) is 13.0 Å². The van der Waals surface area contributed by atoms with Crippen LogP contribution in [0.1, 0.15) is 25.3 Å². The molecule has 0 aliphatic rings. The molecule has 0 heterocycles. The fourth-order valence-electron chi connectivity index (χ4n) is 1.07. The summed E-state index contributed by atoms with van der Waals surface area (Å²) in [5.74, 6) is -0.263. The molecule has 0 saturated heterocycles. The Morgan fingerprint density at radius 1 is 1.33 bits per heavy atom. The minimum atomic E-state index is -0.438. The van der Waals surface area contributed by atoms with Gasteiger partial charge in [-0.15, -0.1) is 0 Å². The Balaban J connectivity index is 2.88. The third-order valence-corrected chi connectivity index (χ3v) is 2.10. The average molecular weight is 168 g/mol. The van der Waals surface area contributed by atoms with Gasteiger partial charge >= 0.3 is 0 Å². The van der Waals surface area contributed by atoms with Gasteiger partial charge in [-0.25, -0.2) is 4.39 Å². The summed E-state index contributed by atoms with van der Waals surface area (Å²) in [6, 6.07) is 6.33. The summed E-state index contributed by atoms with van der Waals surface area (Å²) >= 11 is 0. The molecular weight excluding hydrogens is 155 g/mol. The molecule has 2 atom stereocenters. The molecule has 0 aromatic heterocycles. The van der Waals surface area contributed by atoms with E-state index in [0.717, 1.165) is 5.56 Å². The lowest BCUT2D eigenvalue weighted by Gasteiger charge is -2.14. The van der Waals surface area contributed by atoms with E-state index in [-0.39, 0.29) is 11.7 Å². The van der Waals surface area contributed by atoms with Crippen LogP contribution in [0.3, 0.4) is 0 Å². The van der Waals surface area contributed by atoms with Gasteiger partial charge < -0.3 is 5.11 Å². The average Bonchev–Trinajstić information content (AvgIpc) is 2.03. The zero-order valence-corrected chi connectivity index (χ0v) is 7.29. The summed E-state index contributed by atoms with van der Waals surface area (Å²) in [5.41, 5.74) is 0.838. The molecule has 1 N–H and O–H groups in total. The molecule has 0 spiro atoms. The van der Waals surface area contributed by atoms with Gasteiger partial charge in [0.15, 0.2) is 0 Å². The number of halogens is 1. The van der Waals surface area contributed by atoms with Gasteiger partial charge in [0.1, 0.15) is 5.82 Å². The van der Waals surface area contributed by atoms with Gasteiger partial charge in [0, 0.05) is 5.92 Å². The standard InChI is InChI=1S/C10H13FO/c1-7(8(2)12)9-4-3-5-10(11)6-9/h3-8,12H,1-2H3. The fourth-order valence-corrected chi connectivity index (χ4v) is 1.07. The fraction of sp³-hybridized carbons (Fsp3) is 0.400. The molecule has 2 unspecified atom stereocenters. The van der Waals surface area contributed by atoms with Crippen LogP contribution in [0.15, 0.2) is 24.3 Å². The SMILES string of the molecule is CC(O)C(C)c1cccc(F)c1. The van der Waals surface area contributed by atoms with Gasteiger partial charge in [-0.2, -0.15) is 0 Å². The summed E-state index contributed by atoms with van der Waals surface area (Å²) in [5, 5.41) is 9.24. The third kappa shape index (κ3) is 2.05. The topological polar surface area (TPSA) is 20.2 Å². The highest BCUT2D eigenvalue weighted by atomic mass is 19.1. The molecule has 0 aliphatic heterocycles. The minimum absolute atomic E-state index is 0.0132. The van der Waals surface area contributed by atoms with Crippen LogP contribution in [0.2, 0.25) is 0 Å². The molecular formula is C10H13FO. The van der Waals surface area contributed by atoms with Gasteiger partial charge in [-0.3, -0.25) is 0 Å². The highest BCUT2D eigenvalue weighted by Crippen LogP contribution is 2.19. The first-order chi connectivity index (χ1) is 5.61. The maximum absolute atomic E-state index is 12.7. The van der Waals surface area contributed by atoms with Crippen molar-refractivity contribution in [2.24, 2.45) is 0 Å². The van der Waals surface area contributed by atoms with Crippen molar-refractivity contribution in [1.29, 1.82) is 0 Å². The Bertz CT molecular complexity index is 258. The summed E-state index contributed by atoms with van der Waals surface area (Å²) in [6.07, 6.45) is -0.438. The lowest BCUT2D eigenvalue weighted by Crippen LogP contribution is -2.10. The molecule has 1 aromatic carbocycles. The second kappa shape index (κ2) is 3.68. The molecule has 1 aromatic rings. The molecule has 0 fully saturated rings. The molecule has 12 heavy (non-hydrogen) atoms. The van der Waals surface area contributed by atoms with Crippen molar-refractivity contribution < 1.29 is 9.50 Å². The van der Waals surface area contributed by atoms with E-state index in [2.05, 4.69) is 0 Å². The van der Waals surface area contributed by atoms with Crippen molar-refractivity contribution >= 4 is 0 Å². The van der Waals surface area contributed by atoms with E-state index in [1.165, 1.54) is 12.1 Å². The molecule has 1 nitrogen and oxygen atoms in total. The van der Waals surface area contributed by atoms with Crippen LogP contribution >= 0.6 is 0 Å². The molecule has 0 bridgehead atoms. The predicted molar refractivity (Wildman–Crippen MR) is 46.5 cm³/mol. The van der Waals surface area contributed by atoms with Crippen molar-refractivity contribution in [1.82, 2.24) is 0 Å². The van der Waals surface area contributed by atoms with Crippen molar-refractivity contribution in [3.05, 3.63) is 35.6 Å². The molecule has 1 rings (SSSR count). The first-order valence-electron chi connectivity index (χ1n) is 4.05. The summed E-state index contributed by atoms with van der Waals surface area (Å²) in [7, 11) is 0. The zero-order valence-electron chi connectivity index (χ0n) is 7.29. The number of rotatable bonds is 2. The number of aliphatic hydroxyl groups is 1. The molecule has 66 valence electrons. The summed E-state index contributed by atoms with van der Waals surface area (Å²) in [6.45, 7) is 3.58. The van der Waals surface area contributed by atoms with Crippen LogP contribution in [0.4, 0.5) is 4.39 Å². The quantitative estimate of drug-likeness (QED) is 0.718. The maximum atomic E-state index is 12.7. The Morgan fingerprint density at radius 3 is 2.50 bits per heavy atom. The molecule has 0 radical (unpaired) electrons. The smallest absolute Gasteiger partial charge is 0.123 e. The Kier molecular flexibility index (Phi) is 2.82. The molecule has 0 amide bonds. The summed E-state index contributed by atoms with van der Waals surface area (Å²) < 4.78 is 12.7. The largest absolute Gasteiger partial charge is 0.393 e. The first-order valence-corrected chi connectivity index (χ1v) is 4.05. The molecule has 2 heteroatoms. The van der Waals surface area contributed by atoms with Crippen molar-refractivity contribution in [3.63, 3.8) is 0 Å². The van der Waals surface area contributed by atoms with E-state index in [1.54, 1.807) is 13.0 Å². The normalized spacial score (nSPS) is 15.7. The van der Waals surface area contributed by atoms with E-state index in [9.17, 15) is 9.50 Å². The van der Waals surface area contributed by atoms with Crippen molar-refractivity contribution in [3.8, 4) is 0 Å². The van der Waals surface area contributed by atoms with Crippen LogP contribution in [0.25, 0.3) is 0 Å². The zero-order chi connectivity index (χ0) is 9.14. The van der Waals surface area contributed by atoms with Gasteiger partial charge in [-0.1, -0.05) is 19.1 Å². The summed E-state index contributed by atoms with van der Waals surface area (Å²) in [4.78, 5) is 0. The Hall–Kier alpha value is -0.890. The number of aliphatic hydroxyl groups excluding tert-OH is 1. The minimum Gasteiger partial charge on any atom is -0.393 e.